The summed E-state index contributed by atoms with van der Waals surface area (Å²) in [6, 6.07) is 22.9. The Morgan fingerprint density at radius 3 is 2.17 bits per heavy atom. The number of hydrogen-bond donors (Lipinski definition) is 0. The summed E-state index contributed by atoms with van der Waals surface area (Å²) in [5.41, 5.74) is 1.14. The molecule has 5 nitrogen and oxygen atoms in total. The van der Waals surface area contributed by atoms with Crippen LogP contribution in [-0.4, -0.2) is 49.7 Å². The fourth-order valence-corrected chi connectivity index (χ4v) is 5.17. The molecule has 150 valence electrons. The van der Waals surface area contributed by atoms with Crippen molar-refractivity contribution in [3.8, 4) is 0 Å². The van der Waals surface area contributed by atoms with Gasteiger partial charge in [-0.15, -0.1) is 0 Å². The number of piperazine rings is 1. The third kappa shape index (κ3) is 4.33. The largest absolute Gasteiger partial charge is 0.340 e. The topological polar surface area (TPSA) is 57.7 Å². The third-order valence-electron chi connectivity index (χ3n) is 5.42. The number of aryl methyl sites for hydroxylation is 1. The number of carbonyl (C=O) groups is 1. The van der Waals surface area contributed by atoms with Crippen LogP contribution in [0.25, 0.3) is 10.8 Å². The number of hydrogen-bond acceptors (Lipinski definition) is 3. The summed E-state index contributed by atoms with van der Waals surface area (Å²) in [6.45, 7) is 1.51. The van der Waals surface area contributed by atoms with Gasteiger partial charge in [0.1, 0.15) is 0 Å². The first-order chi connectivity index (χ1) is 14.0. The SMILES string of the molecule is O=C(CCc1ccccc1)N1CCN(S(=O)(=O)c2ccc3ccccc3c2)CC1. The fourth-order valence-electron chi connectivity index (χ4n) is 3.71. The Kier molecular flexibility index (Phi) is 5.65. The van der Waals surface area contributed by atoms with Crippen LogP contribution in [0, 0.1) is 0 Å². The summed E-state index contributed by atoms with van der Waals surface area (Å²) in [4.78, 5) is 14.6. The van der Waals surface area contributed by atoms with Gasteiger partial charge in [-0.25, -0.2) is 8.42 Å². The molecule has 1 heterocycles. The van der Waals surface area contributed by atoms with E-state index in [0.29, 0.717) is 43.9 Å². The van der Waals surface area contributed by atoms with Crippen LogP contribution >= 0.6 is 0 Å². The predicted octanol–water partition coefficient (Wildman–Crippen LogP) is 3.31. The van der Waals surface area contributed by atoms with Crippen molar-refractivity contribution in [2.24, 2.45) is 0 Å². The molecule has 6 heteroatoms. The molecule has 1 aliphatic heterocycles. The van der Waals surface area contributed by atoms with Crippen LogP contribution in [-0.2, 0) is 21.2 Å². The van der Waals surface area contributed by atoms with Crippen LogP contribution in [0.3, 0.4) is 0 Å². The normalized spacial score (nSPS) is 15.5. The number of sulfonamides is 1. The van der Waals surface area contributed by atoms with Crippen LogP contribution in [0.4, 0.5) is 0 Å². The third-order valence-corrected chi connectivity index (χ3v) is 7.32. The monoisotopic (exact) mass is 408 g/mol. The quantitative estimate of drug-likeness (QED) is 0.651. The number of fused-ring (bicyclic) bond motifs is 1. The zero-order valence-corrected chi connectivity index (χ0v) is 17.0. The Balaban J connectivity index is 1.38. The lowest BCUT2D eigenvalue weighted by atomic mass is 10.1. The number of carbonyl (C=O) groups excluding carboxylic acids is 1. The second kappa shape index (κ2) is 8.35. The Morgan fingerprint density at radius 1 is 0.793 bits per heavy atom. The Labute approximate surface area is 171 Å². The molecular weight excluding hydrogens is 384 g/mol. The van der Waals surface area contributed by atoms with Crippen molar-refractivity contribution in [1.29, 1.82) is 0 Å². The van der Waals surface area contributed by atoms with Gasteiger partial charge in [-0.3, -0.25) is 4.79 Å². The first kappa shape index (κ1) is 19.6. The van der Waals surface area contributed by atoms with Gasteiger partial charge in [-0.05, 0) is 34.9 Å². The van der Waals surface area contributed by atoms with Gasteiger partial charge >= 0.3 is 0 Å². The lowest BCUT2D eigenvalue weighted by Gasteiger charge is -2.34. The summed E-state index contributed by atoms with van der Waals surface area (Å²) >= 11 is 0. The Bertz CT molecular complexity index is 1110. The minimum atomic E-state index is -3.56. The molecule has 0 aromatic heterocycles. The molecule has 0 N–H and O–H groups in total. The van der Waals surface area contributed by atoms with Gasteiger partial charge in [0.15, 0.2) is 0 Å². The van der Waals surface area contributed by atoms with Gasteiger partial charge in [0, 0.05) is 32.6 Å². The van der Waals surface area contributed by atoms with E-state index in [-0.39, 0.29) is 5.91 Å². The van der Waals surface area contributed by atoms with E-state index in [9.17, 15) is 13.2 Å². The summed E-state index contributed by atoms with van der Waals surface area (Å²) in [5.74, 6) is 0.0802. The smallest absolute Gasteiger partial charge is 0.243 e. The van der Waals surface area contributed by atoms with Crippen LogP contribution in [0.2, 0.25) is 0 Å². The highest BCUT2D eigenvalue weighted by Gasteiger charge is 2.30. The molecule has 0 saturated carbocycles. The summed E-state index contributed by atoms with van der Waals surface area (Å²) < 4.78 is 27.6. The molecule has 0 bridgehead atoms. The van der Waals surface area contributed by atoms with E-state index < -0.39 is 10.0 Å². The number of benzene rings is 3. The maximum Gasteiger partial charge on any atom is 0.243 e. The van der Waals surface area contributed by atoms with Gasteiger partial charge in [0.25, 0.3) is 0 Å². The second-order valence-electron chi connectivity index (χ2n) is 7.28. The first-order valence-electron chi connectivity index (χ1n) is 9.85. The van der Waals surface area contributed by atoms with E-state index >= 15 is 0 Å². The molecule has 0 atom stereocenters. The molecule has 1 fully saturated rings. The van der Waals surface area contributed by atoms with Crippen molar-refractivity contribution in [2.45, 2.75) is 17.7 Å². The molecule has 0 spiro atoms. The Hall–Kier alpha value is -2.70. The molecular formula is C23H24N2O3S. The Morgan fingerprint density at radius 2 is 1.45 bits per heavy atom. The molecule has 3 aromatic rings. The highest BCUT2D eigenvalue weighted by Crippen LogP contribution is 2.23. The van der Waals surface area contributed by atoms with Crippen molar-refractivity contribution < 1.29 is 13.2 Å². The van der Waals surface area contributed by atoms with Crippen molar-refractivity contribution in [3.05, 3.63) is 78.4 Å². The van der Waals surface area contributed by atoms with Crippen molar-refractivity contribution in [1.82, 2.24) is 9.21 Å². The molecule has 1 aliphatic rings. The van der Waals surface area contributed by atoms with Crippen LogP contribution in [0.15, 0.2) is 77.7 Å². The van der Waals surface area contributed by atoms with Gasteiger partial charge in [-0.2, -0.15) is 4.31 Å². The minimum absolute atomic E-state index is 0.0802. The van der Waals surface area contributed by atoms with Crippen molar-refractivity contribution in [3.63, 3.8) is 0 Å². The zero-order chi connectivity index (χ0) is 20.3. The van der Waals surface area contributed by atoms with Crippen LogP contribution in [0.1, 0.15) is 12.0 Å². The van der Waals surface area contributed by atoms with Crippen LogP contribution in [0.5, 0.6) is 0 Å². The lowest BCUT2D eigenvalue weighted by Crippen LogP contribution is -2.50. The highest BCUT2D eigenvalue weighted by molar-refractivity contribution is 7.89. The maximum atomic E-state index is 13.0. The number of rotatable bonds is 5. The van der Waals surface area contributed by atoms with E-state index in [2.05, 4.69) is 0 Å². The molecule has 4 rings (SSSR count). The molecule has 29 heavy (non-hydrogen) atoms. The molecule has 0 radical (unpaired) electrons. The molecule has 0 unspecified atom stereocenters. The van der Waals surface area contributed by atoms with E-state index in [0.717, 1.165) is 16.3 Å². The van der Waals surface area contributed by atoms with Crippen LogP contribution < -0.4 is 0 Å². The first-order valence-corrected chi connectivity index (χ1v) is 11.3. The van der Waals surface area contributed by atoms with E-state index in [1.54, 1.807) is 17.0 Å². The van der Waals surface area contributed by atoms with Crippen molar-refractivity contribution >= 4 is 26.7 Å². The van der Waals surface area contributed by atoms with E-state index in [1.807, 2.05) is 60.7 Å². The second-order valence-corrected chi connectivity index (χ2v) is 9.22. The maximum absolute atomic E-state index is 13.0. The van der Waals surface area contributed by atoms with Gasteiger partial charge < -0.3 is 4.90 Å². The van der Waals surface area contributed by atoms with Gasteiger partial charge in [-0.1, -0.05) is 60.7 Å². The van der Waals surface area contributed by atoms with E-state index in [4.69, 9.17) is 0 Å². The van der Waals surface area contributed by atoms with Gasteiger partial charge in [0.05, 0.1) is 4.90 Å². The molecule has 3 aromatic carbocycles. The van der Waals surface area contributed by atoms with E-state index in [1.165, 1.54) is 4.31 Å². The minimum Gasteiger partial charge on any atom is -0.340 e. The van der Waals surface area contributed by atoms with Crippen molar-refractivity contribution in [2.75, 3.05) is 26.2 Å². The average Bonchev–Trinajstić information content (AvgIpc) is 2.78. The summed E-state index contributed by atoms with van der Waals surface area (Å²) in [5, 5.41) is 1.92. The van der Waals surface area contributed by atoms with Gasteiger partial charge in [0.2, 0.25) is 15.9 Å². The highest BCUT2D eigenvalue weighted by atomic mass is 32.2. The lowest BCUT2D eigenvalue weighted by molar-refractivity contribution is -0.132. The standard InChI is InChI=1S/C23H24N2O3S/c26-23(13-10-19-6-2-1-3-7-19)24-14-16-25(17-15-24)29(27,28)22-12-11-20-8-4-5-9-21(20)18-22/h1-9,11-12,18H,10,13-17H2. The number of nitrogens with zero attached hydrogens (tertiary/aromatic N) is 2. The fraction of sp³-hybridized carbons (Fsp3) is 0.261. The summed E-state index contributed by atoms with van der Waals surface area (Å²) in [6.07, 6.45) is 1.15. The average molecular weight is 409 g/mol. The zero-order valence-electron chi connectivity index (χ0n) is 16.2. The molecule has 1 amide bonds. The molecule has 0 aliphatic carbocycles. The molecule has 1 saturated heterocycles. The summed E-state index contributed by atoms with van der Waals surface area (Å²) in [7, 11) is -3.56. The number of amides is 1. The predicted molar refractivity (Wildman–Crippen MR) is 114 cm³/mol.